The summed E-state index contributed by atoms with van der Waals surface area (Å²) in [5, 5.41) is 3.20. The number of nitrogens with zero attached hydrogens (tertiary/aromatic N) is 2. The van der Waals surface area contributed by atoms with Crippen molar-refractivity contribution in [1.82, 2.24) is 10.2 Å². The zero-order valence-corrected chi connectivity index (χ0v) is 31.8. The summed E-state index contributed by atoms with van der Waals surface area (Å²) in [5.41, 5.74) is 3.76. The van der Waals surface area contributed by atoms with Crippen LogP contribution in [0, 0.1) is 3.57 Å². The van der Waals surface area contributed by atoms with Gasteiger partial charge in [-0.05, 0) is 83.0 Å². The Hall–Kier alpha value is -5.20. The van der Waals surface area contributed by atoms with Crippen LogP contribution in [0.4, 0.5) is 0 Å². The summed E-state index contributed by atoms with van der Waals surface area (Å²) >= 11 is 3.17. The average Bonchev–Trinajstić information content (AvgIpc) is 3.16. The van der Waals surface area contributed by atoms with Gasteiger partial charge in [-0.2, -0.15) is 4.99 Å². The number of rotatable bonds is 14. The van der Waals surface area contributed by atoms with Crippen LogP contribution in [0.25, 0.3) is 6.08 Å². The second-order valence-electron chi connectivity index (χ2n) is 11.4. The number of benzene rings is 4. The number of thioether (sulfide) groups is 1. The maximum Gasteiger partial charge on any atom is 0.285 e. The van der Waals surface area contributed by atoms with Crippen LogP contribution in [-0.4, -0.2) is 40.1 Å². The highest BCUT2D eigenvalue weighted by Crippen LogP contribution is 2.36. The Balaban J connectivity index is 1.42. The first-order valence-electron chi connectivity index (χ1n) is 16.6. The molecule has 4 aromatic carbocycles. The number of amidine groups is 1. The molecule has 0 atom stereocenters. The summed E-state index contributed by atoms with van der Waals surface area (Å²) in [6, 6.07) is 32.3. The third kappa shape index (κ3) is 9.77. The number of amides is 3. The standard InChI is InChI=1S/C42H38IN3O5S/c1-4-7-23-33(5-2)46-41(49)34(24-30-25-35(43)39(36(26-30)50-6-3)51-27-29-17-11-8-12-18-29)40(48)45-42(46)52-28-37(47)44-38(31-19-13-9-14-20-31)32-21-15-10-16-22-32/h4-5,7-26,38H,1,6,27-28H2,2-3H3,(H,44,47)/b23-7-,33-5+,34-24+. The fourth-order valence-electron chi connectivity index (χ4n) is 5.36. The van der Waals surface area contributed by atoms with Crippen molar-refractivity contribution in [3.63, 3.8) is 0 Å². The summed E-state index contributed by atoms with van der Waals surface area (Å²) in [7, 11) is 0. The van der Waals surface area contributed by atoms with E-state index in [1.807, 2.05) is 104 Å². The lowest BCUT2D eigenvalue weighted by Gasteiger charge is -2.28. The number of carbonyl (C=O) groups is 3. The van der Waals surface area contributed by atoms with Gasteiger partial charge in [0.05, 0.1) is 22.0 Å². The second-order valence-corrected chi connectivity index (χ2v) is 13.5. The minimum absolute atomic E-state index is 0.0897. The Morgan fingerprint density at radius 3 is 2.19 bits per heavy atom. The molecule has 4 aromatic rings. The Kier molecular flexibility index (Phi) is 13.8. The molecule has 0 saturated heterocycles. The van der Waals surface area contributed by atoms with Gasteiger partial charge in [0.15, 0.2) is 16.7 Å². The molecular formula is C42H38IN3O5S. The molecule has 1 aliphatic heterocycles. The lowest BCUT2D eigenvalue weighted by atomic mass is 9.99. The van der Waals surface area contributed by atoms with E-state index >= 15 is 0 Å². The van der Waals surface area contributed by atoms with Crippen LogP contribution in [0.5, 0.6) is 11.5 Å². The van der Waals surface area contributed by atoms with E-state index in [0.29, 0.717) is 36.0 Å². The third-order valence-electron chi connectivity index (χ3n) is 7.78. The van der Waals surface area contributed by atoms with Crippen molar-refractivity contribution >= 4 is 63.3 Å². The summed E-state index contributed by atoms with van der Waals surface area (Å²) in [4.78, 5) is 46.9. The topological polar surface area (TPSA) is 97.3 Å². The SMILES string of the molecule is C=C/C=C\C(=C/C)N1C(=O)/C(=C/c2cc(I)c(OCc3ccccc3)c(OCC)c2)C(=O)N=C1SCC(=O)NC(c1ccccc1)c1ccccc1. The van der Waals surface area contributed by atoms with Gasteiger partial charge in [-0.3, -0.25) is 19.3 Å². The number of nitrogens with one attached hydrogen (secondary N) is 1. The Morgan fingerprint density at radius 2 is 1.60 bits per heavy atom. The highest BCUT2D eigenvalue weighted by Gasteiger charge is 2.35. The van der Waals surface area contributed by atoms with Crippen molar-refractivity contribution in [1.29, 1.82) is 0 Å². The van der Waals surface area contributed by atoms with Crippen LogP contribution in [0.3, 0.4) is 0 Å². The van der Waals surface area contributed by atoms with Crippen LogP contribution >= 0.6 is 34.4 Å². The van der Waals surface area contributed by atoms with E-state index in [1.54, 1.807) is 37.3 Å². The van der Waals surface area contributed by atoms with Gasteiger partial charge in [-0.1, -0.05) is 128 Å². The van der Waals surface area contributed by atoms with Gasteiger partial charge < -0.3 is 14.8 Å². The zero-order valence-electron chi connectivity index (χ0n) is 28.8. The lowest BCUT2D eigenvalue weighted by Crippen LogP contribution is -2.42. The summed E-state index contributed by atoms with van der Waals surface area (Å²) in [6.07, 6.45) is 8.22. The molecule has 0 unspecified atom stereocenters. The van der Waals surface area contributed by atoms with Crippen LogP contribution in [0.15, 0.2) is 150 Å². The smallest absolute Gasteiger partial charge is 0.285 e. The van der Waals surface area contributed by atoms with E-state index in [9.17, 15) is 14.4 Å². The minimum atomic E-state index is -0.712. The second kappa shape index (κ2) is 18.9. The first kappa shape index (κ1) is 38.0. The van der Waals surface area contributed by atoms with Crippen LogP contribution in [-0.2, 0) is 21.0 Å². The monoisotopic (exact) mass is 823 g/mol. The Bertz CT molecular complexity index is 1990. The lowest BCUT2D eigenvalue weighted by molar-refractivity contribution is -0.126. The number of halogens is 1. The van der Waals surface area contributed by atoms with Crippen molar-refractivity contribution in [3.8, 4) is 11.5 Å². The highest BCUT2D eigenvalue weighted by molar-refractivity contribution is 14.1. The molecule has 5 rings (SSSR count). The molecule has 0 aliphatic carbocycles. The Labute approximate surface area is 322 Å². The molecule has 0 bridgehead atoms. The van der Waals surface area contributed by atoms with Crippen molar-refractivity contribution < 1.29 is 23.9 Å². The van der Waals surface area contributed by atoms with Gasteiger partial charge in [0.2, 0.25) is 5.91 Å². The van der Waals surface area contributed by atoms with Crippen molar-refractivity contribution in [2.75, 3.05) is 12.4 Å². The number of hydrogen-bond donors (Lipinski definition) is 1. The number of allylic oxidation sites excluding steroid dienone is 4. The van der Waals surface area contributed by atoms with E-state index in [2.05, 4.69) is 39.5 Å². The highest BCUT2D eigenvalue weighted by atomic mass is 127. The fourth-order valence-corrected chi connectivity index (χ4v) is 6.95. The van der Waals surface area contributed by atoms with Crippen LogP contribution < -0.4 is 14.8 Å². The maximum absolute atomic E-state index is 14.2. The van der Waals surface area contributed by atoms with Crippen molar-refractivity contribution in [3.05, 3.63) is 171 Å². The number of ether oxygens (including phenoxy) is 2. The molecule has 8 nitrogen and oxygen atoms in total. The fraction of sp³-hybridized carbons (Fsp3) is 0.143. The molecule has 0 spiro atoms. The largest absolute Gasteiger partial charge is 0.490 e. The molecule has 0 fully saturated rings. The van der Waals surface area contributed by atoms with E-state index in [4.69, 9.17) is 9.47 Å². The molecule has 10 heteroatoms. The average molecular weight is 824 g/mol. The number of aliphatic imine (C=N–C) groups is 1. The molecule has 0 saturated carbocycles. The van der Waals surface area contributed by atoms with Gasteiger partial charge in [-0.25, -0.2) is 0 Å². The number of carbonyl (C=O) groups excluding carboxylic acids is 3. The van der Waals surface area contributed by atoms with Gasteiger partial charge in [-0.15, -0.1) is 0 Å². The summed E-state index contributed by atoms with van der Waals surface area (Å²) < 4.78 is 12.8. The number of hydrogen-bond acceptors (Lipinski definition) is 6. The van der Waals surface area contributed by atoms with E-state index < -0.39 is 11.8 Å². The van der Waals surface area contributed by atoms with Crippen LogP contribution in [0.1, 0.15) is 42.1 Å². The van der Waals surface area contributed by atoms with Gasteiger partial charge in [0, 0.05) is 5.70 Å². The normalized spacial score (nSPS) is 14.2. The van der Waals surface area contributed by atoms with Crippen LogP contribution in [0.2, 0.25) is 0 Å². The molecule has 1 aliphatic rings. The molecule has 0 aromatic heterocycles. The predicted molar refractivity (Wildman–Crippen MR) is 217 cm³/mol. The Morgan fingerprint density at radius 1 is 0.962 bits per heavy atom. The zero-order chi connectivity index (χ0) is 36.9. The minimum Gasteiger partial charge on any atom is -0.490 e. The first-order valence-corrected chi connectivity index (χ1v) is 18.7. The van der Waals surface area contributed by atoms with Gasteiger partial charge >= 0.3 is 0 Å². The molecule has 0 radical (unpaired) electrons. The molecule has 1 N–H and O–H groups in total. The van der Waals surface area contributed by atoms with Gasteiger partial charge in [0.25, 0.3) is 11.8 Å². The van der Waals surface area contributed by atoms with E-state index in [-0.39, 0.29) is 28.4 Å². The summed E-state index contributed by atoms with van der Waals surface area (Å²) in [6.45, 7) is 8.13. The van der Waals surface area contributed by atoms with Crippen molar-refractivity contribution in [2.45, 2.75) is 26.5 Å². The predicted octanol–water partition coefficient (Wildman–Crippen LogP) is 8.66. The molecule has 264 valence electrons. The summed E-state index contributed by atoms with van der Waals surface area (Å²) in [5.74, 6) is -0.609. The quantitative estimate of drug-likeness (QED) is 0.0592. The van der Waals surface area contributed by atoms with Gasteiger partial charge in [0.1, 0.15) is 12.2 Å². The third-order valence-corrected chi connectivity index (χ3v) is 9.52. The molecule has 3 amide bonds. The molecule has 1 heterocycles. The first-order chi connectivity index (χ1) is 25.3. The molecular weight excluding hydrogens is 785 g/mol. The molecule has 52 heavy (non-hydrogen) atoms. The van der Waals surface area contributed by atoms with E-state index in [0.717, 1.165) is 32.0 Å². The van der Waals surface area contributed by atoms with E-state index in [1.165, 1.54) is 11.0 Å². The maximum atomic E-state index is 14.2. The van der Waals surface area contributed by atoms with Crippen molar-refractivity contribution in [2.24, 2.45) is 4.99 Å².